The molecule has 0 aliphatic rings. The second-order valence-electron chi connectivity index (χ2n) is 5.69. The summed E-state index contributed by atoms with van der Waals surface area (Å²) in [5.41, 5.74) is 9.47. The van der Waals surface area contributed by atoms with Crippen LogP contribution in [0.15, 0.2) is 24.3 Å². The molecule has 1 aromatic heterocycles. The molecule has 0 aliphatic carbocycles. The molecular formula is C18H23N3O6. The van der Waals surface area contributed by atoms with Crippen molar-refractivity contribution in [1.82, 2.24) is 10.2 Å². The number of anilines is 1. The summed E-state index contributed by atoms with van der Waals surface area (Å²) in [4.78, 5) is 30.1. The van der Waals surface area contributed by atoms with E-state index in [-0.39, 0.29) is 12.4 Å². The second-order valence-corrected chi connectivity index (χ2v) is 5.69. The number of carboxylic acid groups (broad SMARTS) is 2. The Hall–Kier alpha value is -3.36. The molecule has 0 radical (unpaired) electrons. The van der Waals surface area contributed by atoms with Crippen LogP contribution in [0, 0.1) is 6.92 Å². The molecule has 1 heterocycles. The highest BCUT2D eigenvalue weighted by atomic mass is 16.5. The van der Waals surface area contributed by atoms with Crippen LogP contribution in [0.5, 0.6) is 0 Å². The van der Waals surface area contributed by atoms with Gasteiger partial charge in [0.2, 0.25) is 0 Å². The molecule has 0 spiro atoms. The molecule has 9 heteroatoms. The average molecular weight is 377 g/mol. The van der Waals surface area contributed by atoms with E-state index in [1.807, 2.05) is 31.2 Å². The number of nitrogen functional groups attached to an aromatic ring is 1. The van der Waals surface area contributed by atoms with Gasteiger partial charge in [-0.3, -0.25) is 9.89 Å². The van der Waals surface area contributed by atoms with Gasteiger partial charge in [-0.25, -0.2) is 9.59 Å². The Morgan fingerprint density at radius 1 is 1.15 bits per heavy atom. The number of nitrogens with one attached hydrogen (secondary N) is 1. The molecule has 0 atom stereocenters. The summed E-state index contributed by atoms with van der Waals surface area (Å²) in [6.07, 6.45) is 2.00. The van der Waals surface area contributed by atoms with Crippen molar-refractivity contribution in [2.24, 2.45) is 0 Å². The minimum atomic E-state index is -1.82. The van der Waals surface area contributed by atoms with Gasteiger partial charge < -0.3 is 20.7 Å². The summed E-state index contributed by atoms with van der Waals surface area (Å²) in [6.45, 7) is 4.53. The van der Waals surface area contributed by atoms with Crippen LogP contribution in [0.3, 0.4) is 0 Å². The molecule has 2 aromatic rings. The number of nitrogens with two attached hydrogens (primary N) is 1. The van der Waals surface area contributed by atoms with E-state index in [4.69, 9.17) is 30.3 Å². The highest BCUT2D eigenvalue weighted by molar-refractivity contribution is 6.27. The van der Waals surface area contributed by atoms with E-state index in [0.29, 0.717) is 18.0 Å². The van der Waals surface area contributed by atoms with Crippen molar-refractivity contribution >= 4 is 23.7 Å². The predicted octanol–water partition coefficient (Wildman–Crippen LogP) is 2.01. The summed E-state index contributed by atoms with van der Waals surface area (Å²) in [5, 5.41) is 21.7. The van der Waals surface area contributed by atoms with Gasteiger partial charge in [0.05, 0.1) is 18.7 Å². The van der Waals surface area contributed by atoms with Gasteiger partial charge in [-0.15, -0.1) is 0 Å². The first-order valence-corrected chi connectivity index (χ1v) is 8.27. The number of esters is 1. The molecule has 27 heavy (non-hydrogen) atoms. The van der Waals surface area contributed by atoms with Crippen LogP contribution in [-0.4, -0.2) is 44.9 Å². The molecule has 1 aromatic carbocycles. The van der Waals surface area contributed by atoms with E-state index in [1.54, 1.807) is 0 Å². The lowest BCUT2D eigenvalue weighted by Gasteiger charge is -2.06. The number of ether oxygens (including phenoxy) is 1. The van der Waals surface area contributed by atoms with Crippen LogP contribution in [-0.2, 0) is 25.5 Å². The number of aliphatic carboxylic acids is 2. The van der Waals surface area contributed by atoms with Crippen molar-refractivity contribution in [3.63, 3.8) is 0 Å². The molecule has 9 nitrogen and oxygen atoms in total. The minimum absolute atomic E-state index is 0.134. The second kappa shape index (κ2) is 10.6. The Morgan fingerprint density at radius 2 is 1.74 bits per heavy atom. The number of carbonyl (C=O) groups excluding carboxylic acids is 1. The smallest absolute Gasteiger partial charge is 0.414 e. The molecular weight excluding hydrogens is 354 g/mol. The average Bonchev–Trinajstić information content (AvgIpc) is 2.97. The third kappa shape index (κ3) is 7.18. The number of hydrogen-bond donors (Lipinski definition) is 4. The molecule has 2 rings (SSSR count). The zero-order valence-corrected chi connectivity index (χ0v) is 15.2. The first kappa shape index (κ1) is 21.7. The van der Waals surface area contributed by atoms with Gasteiger partial charge in [0.1, 0.15) is 5.82 Å². The van der Waals surface area contributed by atoms with Crippen molar-refractivity contribution in [3.8, 4) is 11.3 Å². The van der Waals surface area contributed by atoms with Crippen LogP contribution in [0.2, 0.25) is 0 Å². The molecule has 0 saturated heterocycles. The summed E-state index contributed by atoms with van der Waals surface area (Å²) >= 11 is 0. The van der Waals surface area contributed by atoms with Gasteiger partial charge in [-0.2, -0.15) is 5.10 Å². The predicted molar refractivity (Wildman–Crippen MR) is 98.0 cm³/mol. The fourth-order valence-corrected chi connectivity index (χ4v) is 2.04. The van der Waals surface area contributed by atoms with Gasteiger partial charge in [0.15, 0.2) is 0 Å². The van der Waals surface area contributed by atoms with Crippen molar-refractivity contribution in [1.29, 1.82) is 0 Å². The zero-order valence-electron chi connectivity index (χ0n) is 15.2. The van der Waals surface area contributed by atoms with Gasteiger partial charge in [-0.05, 0) is 18.9 Å². The van der Waals surface area contributed by atoms with Gasteiger partial charge in [-0.1, -0.05) is 43.2 Å². The fourth-order valence-electron chi connectivity index (χ4n) is 2.04. The van der Waals surface area contributed by atoms with Crippen LogP contribution in [0.25, 0.3) is 11.3 Å². The number of carboxylic acids is 2. The highest BCUT2D eigenvalue weighted by Crippen LogP contribution is 2.26. The van der Waals surface area contributed by atoms with E-state index in [9.17, 15) is 4.79 Å². The Labute approximate surface area is 156 Å². The Bertz CT molecular complexity index is 771. The number of hydrogen-bond acceptors (Lipinski definition) is 6. The zero-order chi connectivity index (χ0) is 20.4. The molecule has 5 N–H and O–H groups in total. The molecule has 0 unspecified atom stereocenters. The van der Waals surface area contributed by atoms with Crippen LogP contribution in [0.1, 0.15) is 30.9 Å². The number of aryl methyl sites for hydroxylation is 1. The molecule has 0 saturated carbocycles. The monoisotopic (exact) mass is 377 g/mol. The third-order valence-electron chi connectivity index (χ3n) is 3.50. The number of rotatable bonds is 6. The van der Waals surface area contributed by atoms with E-state index in [1.165, 1.54) is 5.56 Å². The van der Waals surface area contributed by atoms with Gasteiger partial charge in [0, 0.05) is 5.56 Å². The lowest BCUT2D eigenvalue weighted by Crippen LogP contribution is -2.10. The van der Waals surface area contributed by atoms with Crippen molar-refractivity contribution < 1.29 is 29.3 Å². The van der Waals surface area contributed by atoms with Crippen LogP contribution in [0.4, 0.5) is 5.82 Å². The third-order valence-corrected chi connectivity index (χ3v) is 3.50. The van der Waals surface area contributed by atoms with E-state index < -0.39 is 11.9 Å². The Balaban J connectivity index is 0.000000527. The largest absolute Gasteiger partial charge is 0.473 e. The van der Waals surface area contributed by atoms with E-state index in [2.05, 4.69) is 17.1 Å². The van der Waals surface area contributed by atoms with Crippen LogP contribution < -0.4 is 5.73 Å². The number of carbonyl (C=O) groups is 3. The first-order chi connectivity index (χ1) is 12.8. The number of H-pyrrole nitrogens is 1. The Morgan fingerprint density at radius 3 is 2.26 bits per heavy atom. The molecule has 146 valence electrons. The highest BCUT2D eigenvalue weighted by Gasteiger charge is 2.16. The summed E-state index contributed by atoms with van der Waals surface area (Å²) in [7, 11) is 0. The topological polar surface area (TPSA) is 156 Å². The standard InChI is InChI=1S/C16H21N3O2.C2H2O4/c1-3-4-9-21-14(20)10-13-15(18-19-16(13)17)12-7-5-11(2)6-8-12;3-1(4)2(5)6/h5-8H,3-4,9-10H2,1-2H3,(H3,17,18,19);(H,3,4)(H,5,6). The lowest BCUT2D eigenvalue weighted by atomic mass is 10.0. The summed E-state index contributed by atoms with van der Waals surface area (Å²) in [5.74, 6) is -3.58. The van der Waals surface area contributed by atoms with Crippen molar-refractivity contribution in [2.75, 3.05) is 12.3 Å². The molecule has 0 aliphatic heterocycles. The van der Waals surface area contributed by atoms with Crippen molar-refractivity contribution in [2.45, 2.75) is 33.1 Å². The SMILES string of the molecule is CCCCOC(=O)Cc1c(N)n[nH]c1-c1ccc(C)cc1.O=C(O)C(=O)O. The fraction of sp³-hybridized carbons (Fsp3) is 0.333. The quantitative estimate of drug-likeness (QED) is 0.338. The Kier molecular flexibility index (Phi) is 8.50. The van der Waals surface area contributed by atoms with Gasteiger partial charge in [0.25, 0.3) is 0 Å². The number of aromatic amines is 1. The molecule has 0 amide bonds. The van der Waals surface area contributed by atoms with Crippen LogP contribution >= 0.6 is 0 Å². The number of nitrogens with zero attached hydrogens (tertiary/aromatic N) is 1. The van der Waals surface area contributed by atoms with E-state index in [0.717, 1.165) is 24.1 Å². The van der Waals surface area contributed by atoms with E-state index >= 15 is 0 Å². The minimum Gasteiger partial charge on any atom is -0.473 e. The number of unbranched alkanes of at least 4 members (excludes halogenated alkanes) is 1. The first-order valence-electron chi connectivity index (χ1n) is 8.27. The normalized spacial score (nSPS) is 9.85. The maximum absolute atomic E-state index is 11.9. The number of aromatic nitrogens is 2. The maximum Gasteiger partial charge on any atom is 0.414 e. The molecule has 0 fully saturated rings. The van der Waals surface area contributed by atoms with Gasteiger partial charge >= 0.3 is 17.9 Å². The molecule has 0 bridgehead atoms. The lowest BCUT2D eigenvalue weighted by molar-refractivity contribution is -0.159. The van der Waals surface area contributed by atoms with Crippen molar-refractivity contribution in [3.05, 3.63) is 35.4 Å². The number of benzene rings is 1. The summed E-state index contributed by atoms with van der Waals surface area (Å²) in [6, 6.07) is 7.98. The maximum atomic E-state index is 11.9. The summed E-state index contributed by atoms with van der Waals surface area (Å²) < 4.78 is 5.18.